The minimum atomic E-state index is 0.671. The van der Waals surface area contributed by atoms with Crippen molar-refractivity contribution in [1.29, 1.82) is 0 Å². The molecular formula is C19H29N5O. The first kappa shape index (κ1) is 19.0. The van der Waals surface area contributed by atoms with Crippen LogP contribution in [0.25, 0.3) is 11.3 Å². The summed E-state index contributed by atoms with van der Waals surface area (Å²) in [4.78, 5) is 14.6. The Labute approximate surface area is 150 Å². The first-order chi connectivity index (χ1) is 12.2. The second-order valence-electron chi connectivity index (χ2n) is 5.75. The van der Waals surface area contributed by atoms with Gasteiger partial charge in [-0.05, 0) is 25.8 Å². The fourth-order valence-corrected chi connectivity index (χ4v) is 2.47. The smallest absolute Gasteiger partial charge is 0.194 e. The van der Waals surface area contributed by atoms with E-state index in [9.17, 15) is 0 Å². The van der Waals surface area contributed by atoms with Crippen LogP contribution in [0.5, 0.6) is 0 Å². The molecule has 0 spiro atoms. The Balaban J connectivity index is 1.94. The molecular weight excluding hydrogens is 314 g/mol. The van der Waals surface area contributed by atoms with Crippen molar-refractivity contribution in [2.75, 3.05) is 33.4 Å². The van der Waals surface area contributed by atoms with Crippen molar-refractivity contribution in [3.63, 3.8) is 0 Å². The van der Waals surface area contributed by atoms with Crippen LogP contribution >= 0.6 is 0 Å². The van der Waals surface area contributed by atoms with Gasteiger partial charge < -0.3 is 19.9 Å². The third-order valence-electron chi connectivity index (χ3n) is 3.71. The molecule has 0 unspecified atom stereocenters. The SMILES string of the molecule is CCNC(=NCCCOCC)N(C)Cc1ncc(-c2ccccc2)[nH]1. The van der Waals surface area contributed by atoms with Crippen LogP contribution in [0.1, 0.15) is 26.1 Å². The number of benzene rings is 1. The van der Waals surface area contributed by atoms with Crippen molar-refractivity contribution in [2.24, 2.45) is 4.99 Å². The summed E-state index contributed by atoms with van der Waals surface area (Å²) in [7, 11) is 2.02. The number of H-pyrrole nitrogens is 1. The molecule has 2 rings (SSSR count). The quantitative estimate of drug-likeness (QED) is 0.417. The zero-order valence-electron chi connectivity index (χ0n) is 15.5. The van der Waals surface area contributed by atoms with Crippen molar-refractivity contribution in [3.05, 3.63) is 42.4 Å². The highest BCUT2D eigenvalue weighted by Crippen LogP contribution is 2.16. The lowest BCUT2D eigenvalue weighted by atomic mass is 10.2. The van der Waals surface area contributed by atoms with E-state index in [0.717, 1.165) is 55.8 Å². The number of aromatic amines is 1. The fraction of sp³-hybridized carbons (Fsp3) is 0.474. The molecule has 0 amide bonds. The van der Waals surface area contributed by atoms with Gasteiger partial charge in [0.2, 0.25) is 0 Å². The molecule has 0 atom stereocenters. The van der Waals surface area contributed by atoms with Crippen molar-refractivity contribution in [2.45, 2.75) is 26.8 Å². The maximum absolute atomic E-state index is 5.36. The van der Waals surface area contributed by atoms with E-state index in [4.69, 9.17) is 4.74 Å². The molecule has 0 saturated heterocycles. The zero-order valence-corrected chi connectivity index (χ0v) is 15.5. The minimum Gasteiger partial charge on any atom is -0.382 e. The summed E-state index contributed by atoms with van der Waals surface area (Å²) in [5.74, 6) is 1.80. The molecule has 136 valence electrons. The van der Waals surface area contributed by atoms with Gasteiger partial charge in [0.05, 0.1) is 18.4 Å². The number of guanidine groups is 1. The molecule has 6 nitrogen and oxygen atoms in total. The number of rotatable bonds is 9. The van der Waals surface area contributed by atoms with E-state index in [1.54, 1.807) is 0 Å². The van der Waals surface area contributed by atoms with Crippen LogP contribution in [-0.4, -0.2) is 54.2 Å². The van der Waals surface area contributed by atoms with Crippen LogP contribution in [0.2, 0.25) is 0 Å². The minimum absolute atomic E-state index is 0.671. The van der Waals surface area contributed by atoms with Gasteiger partial charge in [0, 0.05) is 33.4 Å². The molecule has 0 fully saturated rings. The number of hydrogen-bond acceptors (Lipinski definition) is 3. The Bertz CT molecular complexity index is 638. The van der Waals surface area contributed by atoms with Gasteiger partial charge in [-0.15, -0.1) is 0 Å². The second-order valence-corrected chi connectivity index (χ2v) is 5.75. The van der Waals surface area contributed by atoms with Crippen molar-refractivity contribution < 1.29 is 4.74 Å². The maximum Gasteiger partial charge on any atom is 0.194 e. The van der Waals surface area contributed by atoms with Crippen LogP contribution in [0.15, 0.2) is 41.5 Å². The Hall–Kier alpha value is -2.34. The molecule has 1 heterocycles. The predicted molar refractivity (Wildman–Crippen MR) is 103 cm³/mol. The number of aromatic nitrogens is 2. The molecule has 0 radical (unpaired) electrons. The predicted octanol–water partition coefficient (Wildman–Crippen LogP) is 2.90. The molecule has 1 aromatic carbocycles. The van der Waals surface area contributed by atoms with Crippen LogP contribution in [0, 0.1) is 0 Å². The summed E-state index contributed by atoms with van der Waals surface area (Å²) >= 11 is 0. The summed E-state index contributed by atoms with van der Waals surface area (Å²) in [6.07, 6.45) is 2.81. The van der Waals surface area contributed by atoms with Gasteiger partial charge in [-0.3, -0.25) is 4.99 Å². The topological polar surface area (TPSA) is 65.5 Å². The molecule has 2 N–H and O–H groups in total. The van der Waals surface area contributed by atoms with Crippen LogP contribution < -0.4 is 5.32 Å². The molecule has 0 aliphatic carbocycles. The van der Waals surface area contributed by atoms with Crippen LogP contribution in [0.4, 0.5) is 0 Å². The summed E-state index contributed by atoms with van der Waals surface area (Å²) in [5, 5.41) is 3.33. The Morgan fingerprint density at radius 2 is 2.08 bits per heavy atom. The van der Waals surface area contributed by atoms with Gasteiger partial charge in [-0.1, -0.05) is 30.3 Å². The van der Waals surface area contributed by atoms with Gasteiger partial charge in [-0.2, -0.15) is 0 Å². The molecule has 0 aliphatic heterocycles. The van der Waals surface area contributed by atoms with Crippen molar-refractivity contribution in [3.8, 4) is 11.3 Å². The molecule has 0 saturated carbocycles. The third-order valence-corrected chi connectivity index (χ3v) is 3.71. The monoisotopic (exact) mass is 343 g/mol. The average Bonchev–Trinajstić information content (AvgIpc) is 3.10. The first-order valence-electron chi connectivity index (χ1n) is 8.91. The molecule has 2 aromatic rings. The lowest BCUT2D eigenvalue weighted by molar-refractivity contribution is 0.146. The lowest BCUT2D eigenvalue weighted by Crippen LogP contribution is -2.38. The van der Waals surface area contributed by atoms with Crippen molar-refractivity contribution >= 4 is 5.96 Å². The fourth-order valence-electron chi connectivity index (χ4n) is 2.47. The summed E-state index contributed by atoms with van der Waals surface area (Å²) in [6, 6.07) is 10.2. The number of nitrogens with one attached hydrogen (secondary N) is 2. The van der Waals surface area contributed by atoms with E-state index in [-0.39, 0.29) is 0 Å². The van der Waals surface area contributed by atoms with Crippen LogP contribution in [0.3, 0.4) is 0 Å². The van der Waals surface area contributed by atoms with Gasteiger partial charge >= 0.3 is 0 Å². The van der Waals surface area contributed by atoms with Crippen molar-refractivity contribution in [1.82, 2.24) is 20.2 Å². The number of nitrogens with zero attached hydrogens (tertiary/aromatic N) is 3. The summed E-state index contributed by atoms with van der Waals surface area (Å²) in [5.41, 5.74) is 2.17. The highest BCUT2D eigenvalue weighted by Gasteiger charge is 2.09. The highest BCUT2D eigenvalue weighted by atomic mass is 16.5. The molecule has 0 aliphatic rings. The highest BCUT2D eigenvalue weighted by molar-refractivity contribution is 5.79. The lowest BCUT2D eigenvalue weighted by Gasteiger charge is -2.21. The van der Waals surface area contributed by atoms with E-state index in [0.29, 0.717) is 6.54 Å². The number of aliphatic imine (C=N–C) groups is 1. The summed E-state index contributed by atoms with van der Waals surface area (Å²) in [6.45, 7) is 7.85. The molecule has 25 heavy (non-hydrogen) atoms. The van der Waals surface area contributed by atoms with E-state index in [2.05, 4.69) is 44.2 Å². The van der Waals surface area contributed by atoms with Gasteiger partial charge in [0.15, 0.2) is 5.96 Å². The van der Waals surface area contributed by atoms with Gasteiger partial charge in [0.1, 0.15) is 5.82 Å². The first-order valence-corrected chi connectivity index (χ1v) is 8.91. The van der Waals surface area contributed by atoms with E-state index in [1.807, 2.05) is 38.4 Å². The van der Waals surface area contributed by atoms with Gasteiger partial charge in [0.25, 0.3) is 0 Å². The normalized spacial score (nSPS) is 11.6. The standard InChI is InChI=1S/C19H29N5O/c1-4-20-19(21-12-9-13-25-5-2)24(3)15-18-22-14-17(23-18)16-10-7-6-8-11-16/h6-8,10-11,14H,4-5,9,12-13,15H2,1-3H3,(H,20,21)(H,22,23). The summed E-state index contributed by atoms with van der Waals surface area (Å²) < 4.78 is 5.36. The van der Waals surface area contributed by atoms with E-state index >= 15 is 0 Å². The third kappa shape index (κ3) is 6.23. The number of hydrogen-bond donors (Lipinski definition) is 2. The zero-order chi connectivity index (χ0) is 17.9. The number of ether oxygens (including phenoxy) is 1. The Kier molecular flexibility index (Phi) is 7.98. The van der Waals surface area contributed by atoms with E-state index in [1.165, 1.54) is 0 Å². The maximum atomic E-state index is 5.36. The van der Waals surface area contributed by atoms with E-state index < -0.39 is 0 Å². The second kappa shape index (κ2) is 10.5. The van der Waals surface area contributed by atoms with Gasteiger partial charge in [-0.25, -0.2) is 4.98 Å². The molecule has 6 heteroatoms. The average molecular weight is 343 g/mol. The van der Waals surface area contributed by atoms with Crippen LogP contribution in [-0.2, 0) is 11.3 Å². The molecule has 0 bridgehead atoms. The number of imidazole rings is 1. The Morgan fingerprint density at radius 1 is 1.28 bits per heavy atom. The Morgan fingerprint density at radius 3 is 2.80 bits per heavy atom. The molecule has 1 aromatic heterocycles. The largest absolute Gasteiger partial charge is 0.382 e.